The van der Waals surface area contributed by atoms with E-state index in [1.807, 2.05) is 11.4 Å². The van der Waals surface area contributed by atoms with Crippen LogP contribution in [0, 0.1) is 11.3 Å². The Morgan fingerprint density at radius 1 is 1.31 bits per heavy atom. The lowest BCUT2D eigenvalue weighted by molar-refractivity contribution is 0.265. The summed E-state index contributed by atoms with van der Waals surface area (Å²) in [6, 6.07) is 10.6. The standard InChI is InChI=1S/C20H19N3OS2/c1-2-23-11-13(9-14-5-3-7-25-14)19-16(12-23)18(17-6-4-8-26-17)15(10-21)20(22)24-19/h3-8,11,18H,2,9,12,22H2,1H3/t18-/m0/s1. The second-order valence-electron chi connectivity index (χ2n) is 6.27. The van der Waals surface area contributed by atoms with E-state index in [0.717, 1.165) is 41.3 Å². The Kier molecular flexibility index (Phi) is 4.58. The number of hydrogen-bond donors (Lipinski definition) is 1. The number of nitrogens with zero attached hydrogens (tertiary/aromatic N) is 2. The lowest BCUT2D eigenvalue weighted by Gasteiger charge is -2.36. The molecule has 2 aliphatic rings. The van der Waals surface area contributed by atoms with Crippen molar-refractivity contribution < 1.29 is 4.74 Å². The average Bonchev–Trinajstić information content (AvgIpc) is 3.34. The zero-order chi connectivity index (χ0) is 18.1. The summed E-state index contributed by atoms with van der Waals surface area (Å²) < 4.78 is 6.01. The van der Waals surface area contributed by atoms with Crippen LogP contribution in [0.25, 0.3) is 0 Å². The SMILES string of the molecule is CCN1C=C(Cc2cccs2)C2=C(C1)[C@@H](c1cccs1)C(C#N)=C(N)O2. The predicted molar refractivity (Wildman–Crippen MR) is 105 cm³/mol. The van der Waals surface area contributed by atoms with Crippen molar-refractivity contribution in [2.75, 3.05) is 13.1 Å². The van der Waals surface area contributed by atoms with Gasteiger partial charge in [0.25, 0.3) is 0 Å². The average molecular weight is 382 g/mol. The van der Waals surface area contributed by atoms with E-state index in [4.69, 9.17) is 10.5 Å². The van der Waals surface area contributed by atoms with Crippen LogP contribution >= 0.6 is 22.7 Å². The van der Waals surface area contributed by atoms with Crippen LogP contribution < -0.4 is 5.73 Å². The third-order valence-corrected chi connectivity index (χ3v) is 6.52. The van der Waals surface area contributed by atoms with Crippen molar-refractivity contribution in [2.24, 2.45) is 5.73 Å². The number of nitriles is 1. The Bertz CT molecular complexity index is 930. The van der Waals surface area contributed by atoms with Crippen LogP contribution in [0.1, 0.15) is 22.6 Å². The van der Waals surface area contributed by atoms with E-state index in [9.17, 15) is 5.26 Å². The number of thiophene rings is 2. The summed E-state index contributed by atoms with van der Waals surface area (Å²) in [6.07, 6.45) is 2.98. The zero-order valence-electron chi connectivity index (χ0n) is 14.4. The lowest BCUT2D eigenvalue weighted by Crippen LogP contribution is -2.32. The second-order valence-corrected chi connectivity index (χ2v) is 8.28. The van der Waals surface area contributed by atoms with Gasteiger partial charge in [0.15, 0.2) is 0 Å². The molecule has 0 unspecified atom stereocenters. The largest absolute Gasteiger partial charge is 0.440 e. The van der Waals surface area contributed by atoms with Crippen molar-refractivity contribution in [3.05, 3.63) is 79.3 Å². The van der Waals surface area contributed by atoms with E-state index in [0.29, 0.717) is 5.57 Å². The van der Waals surface area contributed by atoms with Crippen LogP contribution in [0.4, 0.5) is 0 Å². The summed E-state index contributed by atoms with van der Waals surface area (Å²) in [5.41, 5.74) is 8.93. The molecule has 2 aromatic rings. The van der Waals surface area contributed by atoms with Crippen molar-refractivity contribution in [2.45, 2.75) is 19.3 Å². The van der Waals surface area contributed by atoms with Gasteiger partial charge in [-0.15, -0.1) is 22.7 Å². The summed E-state index contributed by atoms with van der Waals surface area (Å²) in [5.74, 6) is 0.953. The van der Waals surface area contributed by atoms with Crippen molar-refractivity contribution in [3.63, 3.8) is 0 Å². The van der Waals surface area contributed by atoms with Crippen LogP contribution in [-0.2, 0) is 11.2 Å². The van der Waals surface area contributed by atoms with Gasteiger partial charge in [-0.3, -0.25) is 0 Å². The van der Waals surface area contributed by atoms with Gasteiger partial charge in [0.05, 0.1) is 5.92 Å². The molecule has 2 aromatic heterocycles. The fourth-order valence-corrected chi connectivity index (χ4v) is 5.07. The molecule has 0 fully saturated rings. The number of ether oxygens (including phenoxy) is 1. The Balaban J connectivity index is 1.81. The summed E-state index contributed by atoms with van der Waals surface area (Å²) in [6.45, 7) is 3.80. The van der Waals surface area contributed by atoms with Crippen LogP contribution in [0.15, 0.2) is 69.6 Å². The summed E-state index contributed by atoms with van der Waals surface area (Å²) in [5, 5.41) is 13.8. The molecule has 6 heteroatoms. The van der Waals surface area contributed by atoms with Gasteiger partial charge >= 0.3 is 0 Å². The molecule has 0 aromatic carbocycles. The van der Waals surface area contributed by atoms with Crippen LogP contribution in [0.3, 0.4) is 0 Å². The molecule has 1 atom stereocenters. The molecule has 0 amide bonds. The molecule has 0 aliphatic carbocycles. The molecule has 0 radical (unpaired) electrons. The maximum Gasteiger partial charge on any atom is 0.205 e. The predicted octanol–water partition coefficient (Wildman–Crippen LogP) is 4.33. The molecule has 0 spiro atoms. The first-order chi connectivity index (χ1) is 12.7. The van der Waals surface area contributed by atoms with E-state index in [-0.39, 0.29) is 11.8 Å². The number of likely N-dealkylation sites (N-methyl/N-ethyl adjacent to an activating group) is 1. The summed E-state index contributed by atoms with van der Waals surface area (Å²) in [7, 11) is 0. The maximum atomic E-state index is 9.70. The van der Waals surface area contributed by atoms with Crippen molar-refractivity contribution in [1.82, 2.24) is 4.90 Å². The molecular weight excluding hydrogens is 362 g/mol. The molecule has 26 heavy (non-hydrogen) atoms. The minimum atomic E-state index is -0.121. The molecule has 132 valence electrons. The lowest BCUT2D eigenvalue weighted by atomic mass is 9.84. The van der Waals surface area contributed by atoms with E-state index < -0.39 is 0 Å². The van der Waals surface area contributed by atoms with Crippen molar-refractivity contribution in [1.29, 1.82) is 5.26 Å². The number of allylic oxidation sites excluding steroid dienone is 2. The van der Waals surface area contributed by atoms with E-state index in [2.05, 4.69) is 47.7 Å². The highest BCUT2D eigenvalue weighted by atomic mass is 32.1. The van der Waals surface area contributed by atoms with Gasteiger partial charge in [-0.25, -0.2) is 0 Å². The van der Waals surface area contributed by atoms with Crippen LogP contribution in [0.5, 0.6) is 0 Å². The Morgan fingerprint density at radius 3 is 2.77 bits per heavy atom. The van der Waals surface area contributed by atoms with Gasteiger partial charge in [-0.05, 0) is 29.8 Å². The Labute approximate surface area is 161 Å². The monoisotopic (exact) mass is 381 g/mol. The number of hydrogen-bond acceptors (Lipinski definition) is 6. The molecule has 0 saturated carbocycles. The Hall–Kier alpha value is -2.49. The third-order valence-electron chi connectivity index (χ3n) is 4.71. The molecule has 0 bridgehead atoms. The smallest absolute Gasteiger partial charge is 0.205 e. The molecule has 2 aliphatic heterocycles. The first kappa shape index (κ1) is 17.0. The van der Waals surface area contributed by atoms with Gasteiger partial charge in [0, 0.05) is 46.6 Å². The number of nitrogens with two attached hydrogens (primary N) is 1. The van der Waals surface area contributed by atoms with E-state index >= 15 is 0 Å². The topological polar surface area (TPSA) is 62.3 Å². The third kappa shape index (κ3) is 2.94. The van der Waals surface area contributed by atoms with Gasteiger partial charge < -0.3 is 15.4 Å². The second kappa shape index (κ2) is 7.02. The first-order valence-electron chi connectivity index (χ1n) is 8.52. The normalized spacial score (nSPS) is 19.8. The first-order valence-corrected chi connectivity index (χ1v) is 10.3. The van der Waals surface area contributed by atoms with E-state index in [1.165, 1.54) is 4.88 Å². The van der Waals surface area contributed by atoms with Crippen LogP contribution in [0.2, 0.25) is 0 Å². The molecule has 4 nitrogen and oxygen atoms in total. The highest BCUT2D eigenvalue weighted by Crippen LogP contribution is 2.45. The quantitative estimate of drug-likeness (QED) is 0.856. The minimum absolute atomic E-state index is 0.121. The summed E-state index contributed by atoms with van der Waals surface area (Å²) >= 11 is 3.39. The Morgan fingerprint density at radius 2 is 2.12 bits per heavy atom. The van der Waals surface area contributed by atoms with Crippen LogP contribution in [-0.4, -0.2) is 18.0 Å². The highest BCUT2D eigenvalue weighted by molar-refractivity contribution is 7.10. The summed E-state index contributed by atoms with van der Waals surface area (Å²) in [4.78, 5) is 4.70. The molecule has 4 heterocycles. The zero-order valence-corrected chi connectivity index (χ0v) is 16.1. The van der Waals surface area contributed by atoms with Crippen molar-refractivity contribution >= 4 is 22.7 Å². The molecule has 0 saturated heterocycles. The minimum Gasteiger partial charge on any atom is -0.440 e. The van der Waals surface area contributed by atoms with Gasteiger partial charge in [-0.1, -0.05) is 12.1 Å². The van der Waals surface area contributed by atoms with Gasteiger partial charge in [0.1, 0.15) is 17.4 Å². The molecule has 4 rings (SSSR count). The number of rotatable bonds is 4. The maximum absolute atomic E-state index is 9.70. The molecular formula is C20H19N3OS2. The fraction of sp³-hybridized carbons (Fsp3) is 0.250. The fourth-order valence-electron chi connectivity index (χ4n) is 3.48. The highest BCUT2D eigenvalue weighted by Gasteiger charge is 2.37. The van der Waals surface area contributed by atoms with Gasteiger partial charge in [0.2, 0.25) is 5.88 Å². The van der Waals surface area contributed by atoms with E-state index in [1.54, 1.807) is 22.7 Å². The van der Waals surface area contributed by atoms with Crippen molar-refractivity contribution in [3.8, 4) is 6.07 Å². The molecule has 2 N–H and O–H groups in total. The van der Waals surface area contributed by atoms with Gasteiger partial charge in [-0.2, -0.15) is 5.26 Å².